The van der Waals surface area contributed by atoms with Crippen molar-refractivity contribution < 1.29 is 9.90 Å². The molecule has 1 saturated carbocycles. The van der Waals surface area contributed by atoms with E-state index in [1.165, 1.54) is 6.08 Å². The molecule has 0 aromatic carbocycles. The minimum Gasteiger partial charge on any atom is -0.388 e. The molecule has 0 unspecified atom stereocenters. The number of amides is 1. The zero-order chi connectivity index (χ0) is 9.73. The highest BCUT2D eigenvalue weighted by Gasteiger charge is 2.30. The Bertz CT molecular complexity index is 205. The second-order valence-corrected chi connectivity index (χ2v) is 3.65. The maximum atomic E-state index is 11.0. The molecule has 0 aliphatic heterocycles. The van der Waals surface area contributed by atoms with Crippen molar-refractivity contribution >= 4 is 5.91 Å². The van der Waals surface area contributed by atoms with E-state index in [9.17, 15) is 9.90 Å². The third-order valence-corrected chi connectivity index (χ3v) is 2.44. The van der Waals surface area contributed by atoms with Crippen molar-refractivity contribution in [1.29, 1.82) is 0 Å². The van der Waals surface area contributed by atoms with Gasteiger partial charge in [0.15, 0.2) is 0 Å². The smallest absolute Gasteiger partial charge is 0.243 e. The van der Waals surface area contributed by atoms with Gasteiger partial charge in [0.05, 0.1) is 5.60 Å². The monoisotopic (exact) mass is 183 g/mol. The van der Waals surface area contributed by atoms with Crippen LogP contribution in [0.5, 0.6) is 0 Å². The summed E-state index contributed by atoms with van der Waals surface area (Å²) in [6.07, 6.45) is 6.91. The SMILES string of the molecule is C/C=C/C(=O)NCC1(O)CCCC1. The van der Waals surface area contributed by atoms with Gasteiger partial charge in [0.1, 0.15) is 0 Å². The van der Waals surface area contributed by atoms with E-state index in [0.717, 1.165) is 25.7 Å². The Morgan fingerprint density at radius 2 is 2.15 bits per heavy atom. The number of carbonyl (C=O) groups is 1. The van der Waals surface area contributed by atoms with Crippen LogP contribution in [0.4, 0.5) is 0 Å². The Morgan fingerprint density at radius 1 is 1.54 bits per heavy atom. The van der Waals surface area contributed by atoms with Crippen LogP contribution in [-0.2, 0) is 4.79 Å². The van der Waals surface area contributed by atoms with Crippen molar-refractivity contribution in [3.8, 4) is 0 Å². The number of aliphatic hydroxyl groups is 1. The topological polar surface area (TPSA) is 49.3 Å². The molecule has 0 aromatic rings. The lowest BCUT2D eigenvalue weighted by Gasteiger charge is -2.21. The zero-order valence-electron chi connectivity index (χ0n) is 8.05. The number of carbonyl (C=O) groups excluding carboxylic acids is 1. The molecule has 0 radical (unpaired) electrons. The van der Waals surface area contributed by atoms with Crippen LogP contribution in [0.2, 0.25) is 0 Å². The fourth-order valence-corrected chi connectivity index (χ4v) is 1.67. The molecule has 1 rings (SSSR count). The molecule has 0 spiro atoms. The van der Waals surface area contributed by atoms with Crippen molar-refractivity contribution in [2.45, 2.75) is 38.2 Å². The summed E-state index contributed by atoms with van der Waals surface area (Å²) in [5, 5.41) is 12.6. The van der Waals surface area contributed by atoms with E-state index in [1.54, 1.807) is 13.0 Å². The summed E-state index contributed by atoms with van der Waals surface area (Å²) in [5.74, 6) is -0.122. The maximum absolute atomic E-state index is 11.0. The van der Waals surface area contributed by atoms with Gasteiger partial charge in [0.25, 0.3) is 0 Å². The summed E-state index contributed by atoms with van der Waals surface area (Å²) in [6.45, 7) is 2.18. The molecular weight excluding hydrogens is 166 g/mol. The van der Waals surface area contributed by atoms with Gasteiger partial charge in [-0.25, -0.2) is 0 Å². The summed E-state index contributed by atoms with van der Waals surface area (Å²) < 4.78 is 0. The lowest BCUT2D eigenvalue weighted by Crippen LogP contribution is -2.40. The third-order valence-electron chi connectivity index (χ3n) is 2.44. The first-order valence-electron chi connectivity index (χ1n) is 4.79. The fraction of sp³-hybridized carbons (Fsp3) is 0.700. The van der Waals surface area contributed by atoms with E-state index in [-0.39, 0.29) is 5.91 Å². The van der Waals surface area contributed by atoms with Gasteiger partial charge in [-0.3, -0.25) is 4.79 Å². The van der Waals surface area contributed by atoms with Crippen LogP contribution in [-0.4, -0.2) is 23.2 Å². The highest BCUT2D eigenvalue weighted by molar-refractivity contribution is 5.87. The summed E-state index contributed by atoms with van der Waals surface area (Å²) >= 11 is 0. The Balaban J connectivity index is 2.28. The van der Waals surface area contributed by atoms with Gasteiger partial charge in [0, 0.05) is 6.54 Å². The Morgan fingerprint density at radius 3 is 2.69 bits per heavy atom. The average Bonchev–Trinajstić information content (AvgIpc) is 2.51. The number of hydrogen-bond acceptors (Lipinski definition) is 2. The van der Waals surface area contributed by atoms with Crippen molar-refractivity contribution in [1.82, 2.24) is 5.32 Å². The molecule has 3 nitrogen and oxygen atoms in total. The van der Waals surface area contributed by atoms with E-state index >= 15 is 0 Å². The minimum atomic E-state index is -0.642. The second-order valence-electron chi connectivity index (χ2n) is 3.65. The Hall–Kier alpha value is -0.830. The molecule has 0 bridgehead atoms. The van der Waals surface area contributed by atoms with Crippen molar-refractivity contribution in [3.63, 3.8) is 0 Å². The van der Waals surface area contributed by atoms with Gasteiger partial charge in [-0.05, 0) is 25.8 Å². The summed E-state index contributed by atoms with van der Waals surface area (Å²) in [5.41, 5.74) is -0.642. The Kier molecular flexibility index (Phi) is 3.48. The van der Waals surface area contributed by atoms with Crippen molar-refractivity contribution in [3.05, 3.63) is 12.2 Å². The van der Waals surface area contributed by atoms with Crippen LogP contribution < -0.4 is 5.32 Å². The molecule has 0 saturated heterocycles. The van der Waals surface area contributed by atoms with Crippen molar-refractivity contribution in [2.75, 3.05) is 6.54 Å². The molecule has 3 heteroatoms. The standard InChI is InChI=1S/C10H17NO2/c1-2-5-9(12)11-8-10(13)6-3-4-7-10/h2,5,13H,3-4,6-8H2,1H3,(H,11,12)/b5-2+. The second kappa shape index (κ2) is 4.42. The molecule has 2 N–H and O–H groups in total. The molecular formula is C10H17NO2. The lowest BCUT2D eigenvalue weighted by atomic mass is 10.0. The number of allylic oxidation sites excluding steroid dienone is 1. The first-order valence-corrected chi connectivity index (χ1v) is 4.79. The van der Waals surface area contributed by atoms with Gasteiger partial charge < -0.3 is 10.4 Å². The van der Waals surface area contributed by atoms with Crippen LogP contribution in [0.15, 0.2) is 12.2 Å². The molecule has 74 valence electrons. The largest absolute Gasteiger partial charge is 0.388 e. The van der Waals surface area contributed by atoms with Gasteiger partial charge in [-0.1, -0.05) is 18.9 Å². The highest BCUT2D eigenvalue weighted by Crippen LogP contribution is 2.28. The zero-order valence-corrected chi connectivity index (χ0v) is 8.05. The van der Waals surface area contributed by atoms with Gasteiger partial charge >= 0.3 is 0 Å². The van der Waals surface area contributed by atoms with E-state index < -0.39 is 5.60 Å². The number of hydrogen-bond donors (Lipinski definition) is 2. The first-order chi connectivity index (χ1) is 6.16. The van der Waals surface area contributed by atoms with Crippen molar-refractivity contribution in [2.24, 2.45) is 0 Å². The molecule has 0 heterocycles. The number of nitrogens with one attached hydrogen (secondary N) is 1. The summed E-state index contributed by atoms with van der Waals surface area (Å²) in [6, 6.07) is 0. The molecule has 0 atom stereocenters. The predicted molar refractivity (Wildman–Crippen MR) is 51.2 cm³/mol. The van der Waals surface area contributed by atoms with Crippen LogP contribution in [0.1, 0.15) is 32.6 Å². The predicted octanol–water partition coefficient (Wildman–Crippen LogP) is 0.984. The quantitative estimate of drug-likeness (QED) is 0.641. The molecule has 13 heavy (non-hydrogen) atoms. The minimum absolute atomic E-state index is 0.122. The van der Waals surface area contributed by atoms with E-state index in [1.807, 2.05) is 0 Å². The normalized spacial score (nSPS) is 20.8. The van der Waals surface area contributed by atoms with Crippen LogP contribution in [0.25, 0.3) is 0 Å². The van der Waals surface area contributed by atoms with Crippen LogP contribution in [0, 0.1) is 0 Å². The van der Waals surface area contributed by atoms with E-state index in [2.05, 4.69) is 5.32 Å². The molecule has 1 aliphatic rings. The molecule has 1 fully saturated rings. The molecule has 1 amide bonds. The Labute approximate surface area is 78.8 Å². The summed E-state index contributed by atoms with van der Waals surface area (Å²) in [4.78, 5) is 11.0. The molecule has 1 aliphatic carbocycles. The highest BCUT2D eigenvalue weighted by atomic mass is 16.3. The van der Waals surface area contributed by atoms with Crippen LogP contribution >= 0.6 is 0 Å². The fourth-order valence-electron chi connectivity index (χ4n) is 1.67. The van der Waals surface area contributed by atoms with Gasteiger partial charge in [-0.2, -0.15) is 0 Å². The average molecular weight is 183 g/mol. The number of rotatable bonds is 3. The lowest BCUT2D eigenvalue weighted by molar-refractivity contribution is -0.117. The van der Waals surface area contributed by atoms with Crippen LogP contribution in [0.3, 0.4) is 0 Å². The van der Waals surface area contributed by atoms with E-state index in [0.29, 0.717) is 6.54 Å². The van der Waals surface area contributed by atoms with Gasteiger partial charge in [0.2, 0.25) is 5.91 Å². The summed E-state index contributed by atoms with van der Waals surface area (Å²) in [7, 11) is 0. The molecule has 0 aromatic heterocycles. The third kappa shape index (κ3) is 3.19. The van der Waals surface area contributed by atoms with E-state index in [4.69, 9.17) is 0 Å². The first kappa shape index (κ1) is 10.3. The maximum Gasteiger partial charge on any atom is 0.243 e. The van der Waals surface area contributed by atoms with Gasteiger partial charge in [-0.15, -0.1) is 0 Å².